The summed E-state index contributed by atoms with van der Waals surface area (Å²) in [5, 5.41) is 8.69. The highest BCUT2D eigenvalue weighted by Crippen LogP contribution is 2.32. The van der Waals surface area contributed by atoms with E-state index in [9.17, 15) is 8.42 Å². The third kappa shape index (κ3) is 4.47. The molecule has 0 radical (unpaired) electrons. The van der Waals surface area contributed by atoms with Crippen LogP contribution < -0.4 is 15.1 Å². The normalized spacial score (nSPS) is 19.5. The summed E-state index contributed by atoms with van der Waals surface area (Å²) in [4.78, 5) is 18.7. The van der Waals surface area contributed by atoms with E-state index in [1.165, 1.54) is 0 Å². The van der Waals surface area contributed by atoms with Crippen molar-refractivity contribution in [2.24, 2.45) is 0 Å². The van der Waals surface area contributed by atoms with Crippen molar-refractivity contribution < 1.29 is 8.42 Å². The fourth-order valence-corrected chi connectivity index (χ4v) is 6.83. The number of fused-ring (bicyclic) bond motifs is 1. The van der Waals surface area contributed by atoms with Crippen LogP contribution in [0.25, 0.3) is 10.9 Å². The van der Waals surface area contributed by atoms with Crippen LogP contribution in [0.5, 0.6) is 0 Å². The van der Waals surface area contributed by atoms with Crippen molar-refractivity contribution in [3.05, 3.63) is 24.5 Å². The van der Waals surface area contributed by atoms with Crippen LogP contribution in [0.3, 0.4) is 0 Å². The van der Waals surface area contributed by atoms with Gasteiger partial charge in [-0.1, -0.05) is 0 Å². The second kappa shape index (κ2) is 9.15. The maximum absolute atomic E-state index is 12.7. The SMILES string of the molecule is CC(C)n1ncc2cnc(Nc3cc(N4CCCC4)nc(N4CCN(S(=O)(=O)C5CC5)CC4)n3)cc21. The molecular weight excluding hydrogens is 478 g/mol. The van der Waals surface area contributed by atoms with E-state index in [0.29, 0.717) is 43.8 Å². The zero-order valence-electron chi connectivity index (χ0n) is 20.8. The standard InChI is InChI=1S/C24H33N9O2S/c1-17(2)33-20-13-21(25-15-18(20)16-26-33)27-22-14-23(30-7-3-4-8-30)29-24(28-22)31-9-11-32(12-10-31)36(34,35)19-5-6-19/h13-17,19H,3-12H2,1-2H3,(H,25,27,28,29). The highest BCUT2D eigenvalue weighted by atomic mass is 32.2. The van der Waals surface area contributed by atoms with Crippen LogP contribution in [0.4, 0.5) is 23.4 Å². The van der Waals surface area contributed by atoms with E-state index in [-0.39, 0.29) is 11.3 Å². The summed E-state index contributed by atoms with van der Waals surface area (Å²) in [5.41, 5.74) is 1.02. The van der Waals surface area contributed by atoms with Crippen LogP contribution in [0, 0.1) is 0 Å². The lowest BCUT2D eigenvalue weighted by molar-refractivity contribution is 0.382. The quantitative estimate of drug-likeness (QED) is 0.512. The number of pyridine rings is 1. The van der Waals surface area contributed by atoms with Crippen LogP contribution in [-0.2, 0) is 10.0 Å². The number of piperazine rings is 1. The second-order valence-electron chi connectivity index (χ2n) is 10.2. The topological polar surface area (TPSA) is 112 Å². The van der Waals surface area contributed by atoms with E-state index < -0.39 is 10.0 Å². The Hall–Kier alpha value is -2.99. The van der Waals surface area contributed by atoms with Crippen LogP contribution in [0.2, 0.25) is 0 Å². The van der Waals surface area contributed by atoms with Crippen molar-refractivity contribution in [2.45, 2.75) is 50.8 Å². The molecule has 3 aromatic rings. The van der Waals surface area contributed by atoms with Gasteiger partial charge in [0.1, 0.15) is 17.5 Å². The van der Waals surface area contributed by atoms with E-state index in [4.69, 9.17) is 9.97 Å². The maximum Gasteiger partial charge on any atom is 0.229 e. The molecule has 0 amide bonds. The lowest BCUT2D eigenvalue weighted by Crippen LogP contribution is -2.50. The number of hydrogen-bond acceptors (Lipinski definition) is 9. The summed E-state index contributed by atoms with van der Waals surface area (Å²) < 4.78 is 28.9. The third-order valence-corrected chi connectivity index (χ3v) is 9.58. The van der Waals surface area contributed by atoms with Gasteiger partial charge in [-0.05, 0) is 39.5 Å². The van der Waals surface area contributed by atoms with E-state index >= 15 is 0 Å². The molecule has 11 nitrogen and oxygen atoms in total. The summed E-state index contributed by atoms with van der Waals surface area (Å²) in [7, 11) is -3.16. The van der Waals surface area contributed by atoms with Gasteiger partial charge in [-0.3, -0.25) is 4.68 Å². The molecule has 36 heavy (non-hydrogen) atoms. The first-order valence-corrected chi connectivity index (χ1v) is 14.4. The predicted octanol–water partition coefficient (Wildman–Crippen LogP) is 2.76. The number of sulfonamides is 1. The van der Waals surface area contributed by atoms with E-state index in [1.54, 1.807) is 4.31 Å². The van der Waals surface area contributed by atoms with Crippen LogP contribution in [0.1, 0.15) is 45.6 Å². The number of nitrogens with one attached hydrogen (secondary N) is 1. The van der Waals surface area contributed by atoms with Crippen molar-refractivity contribution in [3.63, 3.8) is 0 Å². The average Bonchev–Trinajstić information content (AvgIpc) is 3.43. The number of hydrogen-bond donors (Lipinski definition) is 1. The Morgan fingerprint density at radius 3 is 2.36 bits per heavy atom. The van der Waals surface area contributed by atoms with Crippen molar-refractivity contribution in [2.75, 3.05) is 54.4 Å². The minimum absolute atomic E-state index is 0.175. The summed E-state index contributed by atoms with van der Waals surface area (Å²) in [6.45, 7) is 8.25. The number of nitrogens with zero attached hydrogens (tertiary/aromatic N) is 8. The highest BCUT2D eigenvalue weighted by molar-refractivity contribution is 7.90. The van der Waals surface area contributed by atoms with E-state index in [1.807, 2.05) is 29.2 Å². The van der Waals surface area contributed by atoms with Gasteiger partial charge in [0.25, 0.3) is 0 Å². The molecule has 0 aromatic carbocycles. The van der Waals surface area contributed by atoms with Gasteiger partial charge in [-0.25, -0.2) is 13.4 Å². The molecular formula is C24H33N9O2S. The lowest BCUT2D eigenvalue weighted by atomic mass is 10.3. The molecule has 0 spiro atoms. The number of aromatic nitrogens is 5. The molecule has 0 bridgehead atoms. The zero-order valence-corrected chi connectivity index (χ0v) is 21.7. The zero-order chi connectivity index (χ0) is 24.9. The molecule has 12 heteroatoms. The van der Waals surface area contributed by atoms with Gasteiger partial charge in [0.15, 0.2) is 0 Å². The Balaban J connectivity index is 1.27. The molecule has 192 valence electrons. The fraction of sp³-hybridized carbons (Fsp3) is 0.583. The fourth-order valence-electron chi connectivity index (χ4n) is 5.01. The van der Waals surface area contributed by atoms with Crippen LogP contribution in [0.15, 0.2) is 24.5 Å². The van der Waals surface area contributed by atoms with E-state index in [2.05, 4.69) is 39.0 Å². The molecule has 6 rings (SSSR count). The van der Waals surface area contributed by atoms with Crippen molar-refractivity contribution in [1.82, 2.24) is 29.0 Å². The summed E-state index contributed by atoms with van der Waals surface area (Å²) in [5.74, 6) is 2.89. The van der Waals surface area contributed by atoms with Gasteiger partial charge in [0, 0.05) is 69.0 Å². The first-order valence-electron chi connectivity index (χ1n) is 12.9. The van der Waals surface area contributed by atoms with Crippen molar-refractivity contribution in [3.8, 4) is 0 Å². The number of anilines is 4. The Bertz CT molecular complexity index is 1360. The molecule has 3 fully saturated rings. The third-order valence-electron chi connectivity index (χ3n) is 7.18. The van der Waals surface area contributed by atoms with Gasteiger partial charge >= 0.3 is 0 Å². The molecule has 3 aliphatic rings. The first-order chi connectivity index (χ1) is 17.4. The molecule has 1 aliphatic carbocycles. The van der Waals surface area contributed by atoms with Gasteiger partial charge < -0.3 is 15.1 Å². The Kier molecular flexibility index (Phi) is 5.95. The van der Waals surface area contributed by atoms with E-state index in [0.717, 1.165) is 55.5 Å². The predicted molar refractivity (Wildman–Crippen MR) is 140 cm³/mol. The van der Waals surface area contributed by atoms with Gasteiger partial charge in [-0.2, -0.15) is 19.4 Å². The number of rotatable bonds is 7. The Morgan fingerprint density at radius 2 is 1.67 bits per heavy atom. The maximum atomic E-state index is 12.7. The molecule has 0 atom stereocenters. The average molecular weight is 512 g/mol. The molecule has 2 saturated heterocycles. The van der Waals surface area contributed by atoms with Crippen molar-refractivity contribution in [1.29, 1.82) is 0 Å². The molecule has 5 heterocycles. The highest BCUT2D eigenvalue weighted by Gasteiger charge is 2.41. The van der Waals surface area contributed by atoms with Gasteiger partial charge in [0.05, 0.1) is 17.0 Å². The summed E-state index contributed by atoms with van der Waals surface area (Å²) >= 11 is 0. The summed E-state index contributed by atoms with van der Waals surface area (Å²) in [6, 6.07) is 4.22. The molecule has 0 unspecified atom stereocenters. The smallest absolute Gasteiger partial charge is 0.229 e. The monoisotopic (exact) mass is 511 g/mol. The van der Waals surface area contributed by atoms with Crippen LogP contribution >= 0.6 is 0 Å². The lowest BCUT2D eigenvalue weighted by Gasteiger charge is -2.34. The molecule has 1 N–H and O–H groups in total. The second-order valence-corrected chi connectivity index (χ2v) is 12.4. The molecule has 1 saturated carbocycles. The van der Waals surface area contributed by atoms with Gasteiger partial charge in [0.2, 0.25) is 16.0 Å². The Morgan fingerprint density at radius 1 is 0.917 bits per heavy atom. The van der Waals surface area contributed by atoms with Crippen LogP contribution in [-0.4, -0.2) is 82.0 Å². The summed E-state index contributed by atoms with van der Waals surface area (Å²) in [6.07, 6.45) is 7.54. The minimum Gasteiger partial charge on any atom is -0.356 e. The first kappa shape index (κ1) is 23.4. The van der Waals surface area contributed by atoms with Gasteiger partial charge in [-0.15, -0.1) is 0 Å². The largest absolute Gasteiger partial charge is 0.356 e. The minimum atomic E-state index is -3.16. The van der Waals surface area contributed by atoms with Crippen molar-refractivity contribution >= 4 is 44.3 Å². The molecule has 2 aliphatic heterocycles. The Labute approximate surface area is 211 Å². The molecule has 3 aromatic heterocycles.